The molecule has 0 fully saturated rings. The van der Waals surface area contributed by atoms with Crippen LogP contribution in [0.5, 0.6) is 0 Å². The van der Waals surface area contributed by atoms with Gasteiger partial charge in [-0.05, 0) is 30.5 Å². The van der Waals surface area contributed by atoms with Gasteiger partial charge in [0.25, 0.3) is 0 Å². The van der Waals surface area contributed by atoms with Crippen molar-refractivity contribution in [3.05, 3.63) is 34.3 Å². The first-order valence-corrected chi connectivity index (χ1v) is 5.60. The predicted molar refractivity (Wildman–Crippen MR) is 63.9 cm³/mol. The molecular weight excluding hydrogens is 274 g/mol. The number of benzene rings is 1. The third-order valence-electron chi connectivity index (χ3n) is 1.97. The van der Waals surface area contributed by atoms with E-state index in [4.69, 9.17) is 10.5 Å². The third-order valence-corrected chi connectivity index (χ3v) is 2.46. The minimum Gasteiger partial charge on any atom is -0.449 e. The summed E-state index contributed by atoms with van der Waals surface area (Å²) in [5.41, 5.74) is 1.15. The maximum absolute atomic E-state index is 10.1. The number of halogens is 1. The zero-order valence-corrected chi connectivity index (χ0v) is 10.2. The number of carboxylic acid groups (broad SMARTS) is 1. The molecular formula is C11H12BrNO3. The lowest BCUT2D eigenvalue weighted by molar-refractivity contribution is 0.139. The van der Waals surface area contributed by atoms with Crippen LogP contribution in [-0.2, 0) is 11.2 Å². The van der Waals surface area contributed by atoms with E-state index in [9.17, 15) is 4.79 Å². The molecule has 1 rings (SSSR count). The molecule has 1 aromatic carbocycles. The summed E-state index contributed by atoms with van der Waals surface area (Å²) in [6.07, 6.45) is 0.402. The Morgan fingerprint density at radius 1 is 1.50 bits per heavy atom. The van der Waals surface area contributed by atoms with E-state index in [1.165, 1.54) is 0 Å². The van der Waals surface area contributed by atoms with Crippen LogP contribution >= 0.6 is 15.9 Å². The number of aryl methyl sites for hydroxylation is 1. The van der Waals surface area contributed by atoms with Gasteiger partial charge in [0.2, 0.25) is 0 Å². The van der Waals surface area contributed by atoms with Crippen molar-refractivity contribution in [3.8, 4) is 0 Å². The minimum absolute atomic E-state index is 0.206. The van der Waals surface area contributed by atoms with Crippen molar-refractivity contribution in [2.75, 3.05) is 0 Å². The van der Waals surface area contributed by atoms with Crippen LogP contribution in [0.25, 0.3) is 0 Å². The first kappa shape index (κ1) is 12.7. The van der Waals surface area contributed by atoms with E-state index < -0.39 is 6.16 Å². The van der Waals surface area contributed by atoms with Crippen LogP contribution in [0.2, 0.25) is 0 Å². The Hall–Kier alpha value is -1.36. The molecule has 1 aromatic rings. The van der Waals surface area contributed by atoms with Crippen molar-refractivity contribution < 1.29 is 14.6 Å². The second kappa shape index (κ2) is 6.27. The maximum Gasteiger partial charge on any atom is 0.512 e. The van der Waals surface area contributed by atoms with Gasteiger partial charge in [-0.15, -0.1) is 0 Å². The monoisotopic (exact) mass is 285 g/mol. The van der Waals surface area contributed by atoms with E-state index in [-0.39, 0.29) is 5.90 Å². The lowest BCUT2D eigenvalue weighted by atomic mass is 10.1. The Balaban J connectivity index is 2.30. The summed E-state index contributed by atoms with van der Waals surface area (Å²) in [4.78, 5) is 10.1. The van der Waals surface area contributed by atoms with Gasteiger partial charge in [-0.25, -0.2) is 4.79 Å². The Labute approximate surface area is 102 Å². The molecule has 16 heavy (non-hydrogen) atoms. The van der Waals surface area contributed by atoms with Crippen LogP contribution in [0.15, 0.2) is 28.7 Å². The van der Waals surface area contributed by atoms with Crippen LogP contribution in [0, 0.1) is 5.41 Å². The Morgan fingerprint density at radius 3 is 2.88 bits per heavy atom. The summed E-state index contributed by atoms with van der Waals surface area (Å²) in [7, 11) is 0. The first-order chi connectivity index (χ1) is 7.58. The van der Waals surface area contributed by atoms with Crippen LogP contribution in [-0.4, -0.2) is 17.2 Å². The lowest BCUT2D eigenvalue weighted by Gasteiger charge is -2.03. The van der Waals surface area contributed by atoms with E-state index in [0.29, 0.717) is 12.8 Å². The van der Waals surface area contributed by atoms with Gasteiger partial charge < -0.3 is 9.84 Å². The van der Waals surface area contributed by atoms with E-state index in [2.05, 4.69) is 20.7 Å². The third kappa shape index (κ3) is 4.93. The SMILES string of the molecule is N=C(CCCc1cccc(Br)c1)OC(=O)O. The van der Waals surface area contributed by atoms with E-state index >= 15 is 0 Å². The molecule has 5 heteroatoms. The number of hydrogen-bond acceptors (Lipinski definition) is 3. The summed E-state index contributed by atoms with van der Waals surface area (Å²) in [5.74, 6) is -0.206. The highest BCUT2D eigenvalue weighted by Gasteiger charge is 2.04. The van der Waals surface area contributed by atoms with E-state index in [1.54, 1.807) is 0 Å². The summed E-state index contributed by atoms with van der Waals surface area (Å²) in [5, 5.41) is 15.5. The fourth-order valence-corrected chi connectivity index (χ4v) is 1.75. The van der Waals surface area contributed by atoms with Gasteiger partial charge in [0.1, 0.15) is 0 Å². The molecule has 86 valence electrons. The molecule has 0 bridgehead atoms. The zero-order chi connectivity index (χ0) is 12.0. The molecule has 0 spiro atoms. The van der Waals surface area contributed by atoms with Gasteiger partial charge in [-0.1, -0.05) is 28.1 Å². The second-order valence-corrected chi connectivity index (χ2v) is 4.19. The minimum atomic E-state index is -1.42. The van der Waals surface area contributed by atoms with Gasteiger partial charge >= 0.3 is 6.16 Å². The lowest BCUT2D eigenvalue weighted by Crippen LogP contribution is -2.08. The number of carbonyl (C=O) groups is 1. The molecule has 4 nitrogen and oxygen atoms in total. The van der Waals surface area contributed by atoms with Crippen molar-refractivity contribution in [2.45, 2.75) is 19.3 Å². The standard InChI is InChI=1S/C11H12BrNO3/c12-9-5-1-3-8(7-9)4-2-6-10(13)16-11(14)15/h1,3,5,7,13H,2,4,6H2,(H,14,15). The van der Waals surface area contributed by atoms with Crippen LogP contribution in [0.3, 0.4) is 0 Å². The van der Waals surface area contributed by atoms with Crippen molar-refractivity contribution >= 4 is 28.0 Å². The van der Waals surface area contributed by atoms with Crippen LogP contribution in [0.4, 0.5) is 4.79 Å². The van der Waals surface area contributed by atoms with E-state index in [0.717, 1.165) is 16.5 Å². The van der Waals surface area contributed by atoms with Gasteiger partial charge in [0.15, 0.2) is 5.90 Å². The molecule has 0 saturated heterocycles. The van der Waals surface area contributed by atoms with Gasteiger partial charge in [-0.2, -0.15) is 0 Å². The highest BCUT2D eigenvalue weighted by molar-refractivity contribution is 9.10. The number of ether oxygens (including phenoxy) is 1. The molecule has 0 saturated carbocycles. The largest absolute Gasteiger partial charge is 0.512 e. The average molecular weight is 286 g/mol. The molecule has 0 heterocycles. The quantitative estimate of drug-likeness (QED) is 0.506. The van der Waals surface area contributed by atoms with Crippen molar-refractivity contribution in [3.63, 3.8) is 0 Å². The zero-order valence-electron chi connectivity index (χ0n) is 8.57. The predicted octanol–water partition coefficient (Wildman–Crippen LogP) is 3.44. The van der Waals surface area contributed by atoms with Crippen molar-refractivity contribution in [1.29, 1.82) is 5.41 Å². The summed E-state index contributed by atoms with van der Waals surface area (Å²) >= 11 is 3.37. The highest BCUT2D eigenvalue weighted by Crippen LogP contribution is 2.13. The van der Waals surface area contributed by atoms with Crippen LogP contribution in [0.1, 0.15) is 18.4 Å². The first-order valence-electron chi connectivity index (χ1n) is 4.80. The van der Waals surface area contributed by atoms with Crippen molar-refractivity contribution in [2.24, 2.45) is 0 Å². The summed E-state index contributed by atoms with van der Waals surface area (Å²) in [6, 6.07) is 7.88. The van der Waals surface area contributed by atoms with Gasteiger partial charge in [0.05, 0.1) is 0 Å². The number of rotatable bonds is 4. The van der Waals surface area contributed by atoms with Crippen LogP contribution < -0.4 is 0 Å². The molecule has 0 aliphatic rings. The fraction of sp³-hybridized carbons (Fsp3) is 0.273. The second-order valence-electron chi connectivity index (χ2n) is 3.27. The highest BCUT2D eigenvalue weighted by atomic mass is 79.9. The molecule has 0 amide bonds. The molecule has 0 aromatic heterocycles. The normalized spacial score (nSPS) is 9.81. The maximum atomic E-state index is 10.1. The average Bonchev–Trinajstić information content (AvgIpc) is 2.16. The topological polar surface area (TPSA) is 70.4 Å². The smallest absolute Gasteiger partial charge is 0.449 e. The van der Waals surface area contributed by atoms with Crippen molar-refractivity contribution in [1.82, 2.24) is 0 Å². The number of hydrogen-bond donors (Lipinski definition) is 2. The Morgan fingerprint density at radius 2 is 2.25 bits per heavy atom. The Bertz CT molecular complexity index is 393. The molecule has 2 N–H and O–H groups in total. The summed E-state index contributed by atoms with van der Waals surface area (Å²) < 4.78 is 5.22. The fourth-order valence-electron chi connectivity index (χ4n) is 1.30. The molecule has 0 atom stereocenters. The number of nitrogens with one attached hydrogen (secondary N) is 1. The summed E-state index contributed by atoms with van der Waals surface area (Å²) in [6.45, 7) is 0. The van der Waals surface area contributed by atoms with E-state index in [1.807, 2.05) is 24.3 Å². The van der Waals surface area contributed by atoms with Gasteiger partial charge in [0, 0.05) is 10.9 Å². The molecule has 0 unspecified atom stereocenters. The molecule has 0 aliphatic heterocycles. The molecule has 0 aliphatic carbocycles. The van der Waals surface area contributed by atoms with Gasteiger partial charge in [-0.3, -0.25) is 5.41 Å². The Kier molecular flexibility index (Phi) is 4.98. The molecule has 0 radical (unpaired) electrons.